The number of esters is 1. The molecule has 0 aromatic rings. The molecule has 0 radical (unpaired) electrons. The Morgan fingerprint density at radius 3 is 2.19 bits per heavy atom. The van der Waals surface area contributed by atoms with Gasteiger partial charge in [0.2, 0.25) is 5.91 Å². The zero-order chi connectivity index (χ0) is 39.1. The van der Waals surface area contributed by atoms with Crippen LogP contribution in [0.25, 0.3) is 0 Å². The Morgan fingerprint density at radius 2 is 1.58 bits per heavy atom. The van der Waals surface area contributed by atoms with Crippen molar-refractivity contribution in [2.75, 3.05) is 20.3 Å². The summed E-state index contributed by atoms with van der Waals surface area (Å²) >= 11 is 0. The number of nitrogens with zero attached hydrogens (tertiary/aromatic N) is 1. The van der Waals surface area contributed by atoms with Crippen molar-refractivity contribution in [2.24, 2.45) is 56.7 Å². The number of aliphatic hydroxyl groups excluding tert-OH is 3. The fraction of sp³-hybridized carbons (Fsp3) is 0.878. The minimum atomic E-state index is -1.48. The number of fused-ring (bicyclic) bond motifs is 7. The molecule has 5 aliphatic carbocycles. The second-order valence-corrected chi connectivity index (χ2v) is 19.2. The Hall–Kier alpha value is -2.09. The summed E-state index contributed by atoms with van der Waals surface area (Å²) < 4.78 is 12.1. The third kappa shape index (κ3) is 6.11. The second kappa shape index (κ2) is 14.1. The maximum absolute atomic E-state index is 13.7. The molecule has 53 heavy (non-hydrogen) atoms. The van der Waals surface area contributed by atoms with Crippen LogP contribution in [0.5, 0.6) is 0 Å². The number of aliphatic hydroxyl groups is 3. The normalized spacial score (nSPS) is 47.4. The molecule has 0 bridgehead atoms. The molecule has 4 unspecified atom stereocenters. The predicted octanol–water partition coefficient (Wildman–Crippen LogP) is 4.45. The largest absolute Gasteiger partial charge is 0.481 e. The zero-order valence-electron chi connectivity index (χ0n) is 33.2. The molecule has 300 valence electrons. The number of aliphatic carboxylic acids is 1. The Balaban J connectivity index is 1.19. The predicted molar refractivity (Wildman–Crippen MR) is 196 cm³/mol. The molecule has 1 amide bonds. The molecule has 6 rings (SSSR count). The van der Waals surface area contributed by atoms with E-state index in [1.165, 1.54) is 19.1 Å². The molecule has 12 nitrogen and oxygen atoms in total. The number of carboxylic acids is 1. The Bertz CT molecular complexity index is 1460. The van der Waals surface area contributed by atoms with Gasteiger partial charge in [-0.2, -0.15) is 0 Å². The van der Waals surface area contributed by atoms with Gasteiger partial charge in [0.1, 0.15) is 31.0 Å². The highest BCUT2D eigenvalue weighted by Crippen LogP contribution is 2.77. The van der Waals surface area contributed by atoms with E-state index in [4.69, 9.17) is 14.3 Å². The molecule has 0 spiro atoms. The minimum Gasteiger partial charge on any atom is -0.481 e. The summed E-state index contributed by atoms with van der Waals surface area (Å²) in [5.74, 6) is -0.106. The fourth-order valence-electron chi connectivity index (χ4n) is 14.0. The van der Waals surface area contributed by atoms with Crippen LogP contribution < -0.4 is 5.32 Å². The van der Waals surface area contributed by atoms with Crippen LogP contribution in [0.2, 0.25) is 0 Å². The minimum absolute atomic E-state index is 0.0223. The molecule has 0 aromatic carbocycles. The van der Waals surface area contributed by atoms with E-state index < -0.39 is 60.4 Å². The van der Waals surface area contributed by atoms with Gasteiger partial charge in [0.15, 0.2) is 6.23 Å². The number of amides is 1. The van der Waals surface area contributed by atoms with E-state index >= 15 is 0 Å². The van der Waals surface area contributed by atoms with Gasteiger partial charge in [-0.1, -0.05) is 46.8 Å². The number of rotatable bonds is 9. The molecule has 6 aliphatic rings. The van der Waals surface area contributed by atoms with E-state index in [9.17, 15) is 34.8 Å². The Labute approximate surface area is 315 Å². The molecule has 12 heteroatoms. The van der Waals surface area contributed by atoms with Gasteiger partial charge in [-0.05, 0) is 117 Å². The number of allylic oxidation sites excluding steroid dienone is 1. The Morgan fingerprint density at radius 1 is 0.887 bits per heavy atom. The maximum Gasteiger partial charge on any atom is 0.323 e. The van der Waals surface area contributed by atoms with E-state index in [2.05, 4.69) is 53.4 Å². The zero-order valence-corrected chi connectivity index (χ0v) is 33.2. The molecule has 6 fully saturated rings. The molecule has 5 N–H and O–H groups in total. The summed E-state index contributed by atoms with van der Waals surface area (Å²) in [6, 6.07) is -1.14. The molecule has 15 atom stereocenters. The van der Waals surface area contributed by atoms with Crippen molar-refractivity contribution in [1.29, 1.82) is 0 Å². The van der Waals surface area contributed by atoms with Crippen LogP contribution in [0, 0.1) is 56.7 Å². The van der Waals surface area contributed by atoms with Crippen molar-refractivity contribution in [1.82, 2.24) is 10.4 Å². The van der Waals surface area contributed by atoms with E-state index in [1.54, 1.807) is 0 Å². The van der Waals surface area contributed by atoms with Crippen LogP contribution in [0.3, 0.4) is 0 Å². The molecule has 1 aliphatic heterocycles. The number of carboxylic acid groups (broad SMARTS) is 1. The molecule has 5 saturated carbocycles. The van der Waals surface area contributed by atoms with Crippen molar-refractivity contribution < 1.29 is 49.1 Å². The smallest absolute Gasteiger partial charge is 0.323 e. The van der Waals surface area contributed by atoms with E-state index in [1.807, 2.05) is 0 Å². The number of hydroxylamine groups is 2. The number of carbonyl (C=O) groups excluding carboxylic acids is 2. The summed E-state index contributed by atoms with van der Waals surface area (Å²) in [5, 5.41) is 45.5. The third-order valence-corrected chi connectivity index (χ3v) is 16.8. The molecule has 0 aromatic heterocycles. The van der Waals surface area contributed by atoms with Gasteiger partial charge in [-0.25, -0.2) is 0 Å². The lowest BCUT2D eigenvalue weighted by molar-refractivity contribution is -0.304. The number of hydrogen-bond acceptors (Lipinski definition) is 10. The average molecular weight is 747 g/mol. The van der Waals surface area contributed by atoms with Gasteiger partial charge in [-0.15, -0.1) is 5.06 Å². The summed E-state index contributed by atoms with van der Waals surface area (Å²) in [6.07, 6.45) is 3.55. The summed E-state index contributed by atoms with van der Waals surface area (Å²) in [7, 11) is 1.34. The van der Waals surface area contributed by atoms with Crippen LogP contribution in [-0.4, -0.2) is 100 Å². The number of hydrogen-bond donors (Lipinski definition) is 5. The van der Waals surface area contributed by atoms with Crippen LogP contribution in [0.15, 0.2) is 12.2 Å². The van der Waals surface area contributed by atoms with Crippen LogP contribution in [0.1, 0.15) is 113 Å². The van der Waals surface area contributed by atoms with Crippen molar-refractivity contribution in [3.8, 4) is 0 Å². The first kappa shape index (κ1) is 40.6. The van der Waals surface area contributed by atoms with Crippen LogP contribution in [-0.2, 0) is 28.7 Å². The number of nitrogens with one attached hydrogen (secondary N) is 1. The molecule has 1 saturated heterocycles. The van der Waals surface area contributed by atoms with E-state index in [0.717, 1.165) is 63.4 Å². The van der Waals surface area contributed by atoms with Gasteiger partial charge < -0.3 is 35.2 Å². The first-order chi connectivity index (χ1) is 24.7. The SMILES string of the molecule is C=C(C)[C@@H]1CC[C@]2(C(=O)O)CC[C@]3(C)C(CCC4[C@@]5(C)CC[C@H](OC(=O)CN(OC)[C@H]6O[C@H](CO)[C@H](O)[C@H](O)[C@H]6NC(C)=O)C(C)(C)C5CC[C@]43C)C12. The van der Waals surface area contributed by atoms with Crippen molar-refractivity contribution >= 4 is 17.8 Å². The van der Waals surface area contributed by atoms with Crippen molar-refractivity contribution in [2.45, 2.75) is 149 Å². The first-order valence-corrected chi connectivity index (χ1v) is 20.0. The molecular formula is C41H66N2O10. The first-order valence-electron chi connectivity index (χ1n) is 20.0. The van der Waals surface area contributed by atoms with E-state index in [-0.39, 0.29) is 46.1 Å². The van der Waals surface area contributed by atoms with Crippen LogP contribution >= 0.6 is 0 Å². The van der Waals surface area contributed by atoms with E-state index in [0.29, 0.717) is 24.2 Å². The topological polar surface area (TPSA) is 175 Å². The quantitative estimate of drug-likeness (QED) is 0.128. The molecular weight excluding hydrogens is 680 g/mol. The lowest BCUT2D eigenvalue weighted by Gasteiger charge is -2.72. The second-order valence-electron chi connectivity index (χ2n) is 19.2. The highest BCUT2D eigenvalue weighted by Gasteiger charge is 2.72. The average Bonchev–Trinajstić information content (AvgIpc) is 3.49. The van der Waals surface area contributed by atoms with Gasteiger partial charge in [-0.3, -0.25) is 19.2 Å². The summed E-state index contributed by atoms with van der Waals surface area (Å²) in [6.45, 7) is 18.8. The fourth-order valence-corrected chi connectivity index (χ4v) is 14.0. The van der Waals surface area contributed by atoms with Crippen LogP contribution in [0.4, 0.5) is 0 Å². The van der Waals surface area contributed by atoms with Gasteiger partial charge in [0.05, 0.1) is 25.2 Å². The van der Waals surface area contributed by atoms with Crippen molar-refractivity contribution in [3.05, 3.63) is 12.2 Å². The van der Waals surface area contributed by atoms with Gasteiger partial charge in [0.25, 0.3) is 0 Å². The highest BCUT2D eigenvalue weighted by molar-refractivity contribution is 5.76. The maximum atomic E-state index is 13.7. The standard InChI is InChI=1S/C41H66N2O10/c1-22(2)24-12-17-41(36(49)50)19-18-39(7)25(31(24)41)10-11-28-38(6)15-14-29(37(4,5)27(38)13-16-40(28,39)8)53-30(46)20-43(51-9)35-32(42-23(3)45)34(48)33(47)26(21-44)52-35/h24-29,31-35,44,47-48H,1,10-21H2,2-9H3,(H,42,45)(H,49,50)/t24-,25?,26+,27?,28?,29-,31?,32+,33-,34+,35-,38-,39+,40+,41-/m0/s1. The van der Waals surface area contributed by atoms with Gasteiger partial charge in [0, 0.05) is 12.3 Å². The van der Waals surface area contributed by atoms with Crippen molar-refractivity contribution in [3.63, 3.8) is 0 Å². The summed E-state index contributed by atoms with van der Waals surface area (Å²) in [4.78, 5) is 44.2. The number of ether oxygens (including phenoxy) is 2. The molecule has 1 heterocycles. The highest BCUT2D eigenvalue weighted by atomic mass is 16.7. The summed E-state index contributed by atoms with van der Waals surface area (Å²) in [5.41, 5.74) is 0.269. The number of carbonyl (C=O) groups is 3. The lowest BCUT2D eigenvalue weighted by atomic mass is 9.32. The lowest BCUT2D eigenvalue weighted by Crippen LogP contribution is -2.68. The Kier molecular flexibility index (Phi) is 10.8. The third-order valence-electron chi connectivity index (χ3n) is 16.8. The van der Waals surface area contributed by atoms with Gasteiger partial charge >= 0.3 is 11.9 Å². The monoisotopic (exact) mass is 746 g/mol.